The van der Waals surface area contributed by atoms with E-state index in [1.54, 1.807) is 49.4 Å². The van der Waals surface area contributed by atoms with E-state index in [2.05, 4.69) is 16.0 Å². The van der Waals surface area contributed by atoms with Crippen molar-refractivity contribution in [1.82, 2.24) is 10.6 Å². The molecule has 2 aromatic carbocycles. The Morgan fingerprint density at radius 1 is 1.02 bits per heavy atom. The van der Waals surface area contributed by atoms with Crippen LogP contribution in [0.3, 0.4) is 0 Å². The second-order valence-electron chi connectivity index (χ2n) is 10.8. The number of anilines is 1. The molecule has 2 unspecified atom stereocenters. The molecule has 4 amide bonds. The number of amides is 4. The Labute approximate surface area is 248 Å². The van der Waals surface area contributed by atoms with Crippen LogP contribution in [-0.2, 0) is 30.3 Å². The van der Waals surface area contributed by atoms with Gasteiger partial charge in [0.1, 0.15) is 6.04 Å². The first kappa shape index (κ1) is 31.9. The van der Waals surface area contributed by atoms with Crippen molar-refractivity contribution in [2.24, 2.45) is 22.5 Å². The number of hydrogen-bond donors (Lipinski definition) is 4. The summed E-state index contributed by atoms with van der Waals surface area (Å²) in [5, 5.41) is 8.54. The Morgan fingerprint density at radius 2 is 1.63 bits per heavy atom. The van der Waals surface area contributed by atoms with Crippen molar-refractivity contribution in [2.45, 2.75) is 46.1 Å². The van der Waals surface area contributed by atoms with Gasteiger partial charge in [-0.1, -0.05) is 62.2 Å². The van der Waals surface area contributed by atoms with E-state index in [0.29, 0.717) is 24.1 Å². The first-order valence-corrected chi connectivity index (χ1v) is 13.8. The maximum Gasteiger partial charge on any atom is 0.328 e. The molecule has 1 aliphatic rings. The molecule has 0 aliphatic heterocycles. The monoisotopic (exact) mass is 604 g/mol. The second kappa shape index (κ2) is 12.9. The number of esters is 1. The molecular formula is C29H34Cl2N4O6. The van der Waals surface area contributed by atoms with Crippen LogP contribution >= 0.6 is 23.2 Å². The number of halogens is 2. The third kappa shape index (κ3) is 7.00. The molecule has 1 fully saturated rings. The topological polar surface area (TPSA) is 157 Å². The fraction of sp³-hybridized carbons (Fsp3) is 0.414. The molecule has 220 valence electrons. The molecule has 0 bridgehead atoms. The molecule has 0 saturated heterocycles. The number of benzene rings is 2. The third-order valence-corrected chi connectivity index (χ3v) is 8.74. The van der Waals surface area contributed by atoms with Crippen molar-refractivity contribution >= 4 is 58.5 Å². The fourth-order valence-corrected chi connectivity index (χ4v) is 5.77. The maximum absolute atomic E-state index is 13.4. The van der Waals surface area contributed by atoms with Crippen LogP contribution in [0, 0.1) is 16.7 Å². The van der Waals surface area contributed by atoms with E-state index in [4.69, 9.17) is 33.7 Å². The minimum atomic E-state index is -0.985. The fourth-order valence-electron chi connectivity index (χ4n) is 5.20. The van der Waals surface area contributed by atoms with Gasteiger partial charge in [0, 0.05) is 18.0 Å². The molecule has 0 radical (unpaired) electrons. The number of carbonyl (C=O) groups excluding carboxylic acids is 5. The highest BCUT2D eigenvalue weighted by atomic mass is 35.5. The quantitative estimate of drug-likeness (QED) is 0.304. The molecule has 0 spiro atoms. The van der Waals surface area contributed by atoms with Crippen molar-refractivity contribution in [3.8, 4) is 0 Å². The molecular weight excluding hydrogens is 571 g/mol. The zero-order valence-electron chi connectivity index (χ0n) is 23.3. The number of ether oxygens (including phenoxy) is 1. The standard InChI is InChI=1S/C29H34Cl2N4O6/c1-28(2)18(12-13-29(28,3)27(40)33-15-22(32)36)24(37)35-21(26(39)41-4)14-16-8-10-17(11-9-16)34-25(38)23-19(30)6-5-7-20(23)31/h5-11,18,21H,12-15H2,1-4H3,(H2,32,36)(H,33,40)(H,34,38)(H,35,37)/t18?,21-,29?/m0/s1. The van der Waals surface area contributed by atoms with Crippen molar-refractivity contribution in [3.05, 3.63) is 63.6 Å². The number of methoxy groups -OCH3 is 1. The van der Waals surface area contributed by atoms with Crippen LogP contribution < -0.4 is 21.7 Å². The van der Waals surface area contributed by atoms with Crippen LogP contribution in [0.2, 0.25) is 10.0 Å². The summed E-state index contributed by atoms with van der Waals surface area (Å²) in [6, 6.07) is 10.5. The maximum atomic E-state index is 13.4. The Hall–Kier alpha value is -3.63. The van der Waals surface area contributed by atoms with Gasteiger partial charge in [-0.3, -0.25) is 19.2 Å². The predicted molar refractivity (Wildman–Crippen MR) is 155 cm³/mol. The minimum Gasteiger partial charge on any atom is -0.467 e. The average Bonchev–Trinajstić information content (AvgIpc) is 3.16. The molecule has 3 atom stereocenters. The van der Waals surface area contributed by atoms with Crippen molar-refractivity contribution < 1.29 is 28.7 Å². The summed E-state index contributed by atoms with van der Waals surface area (Å²) in [7, 11) is 1.24. The zero-order chi connectivity index (χ0) is 30.5. The second-order valence-corrected chi connectivity index (χ2v) is 11.6. The van der Waals surface area contributed by atoms with E-state index >= 15 is 0 Å². The van der Waals surface area contributed by atoms with Gasteiger partial charge >= 0.3 is 5.97 Å². The van der Waals surface area contributed by atoms with E-state index < -0.39 is 40.6 Å². The predicted octanol–water partition coefficient (Wildman–Crippen LogP) is 3.49. The number of nitrogens with two attached hydrogens (primary N) is 1. The number of nitrogens with one attached hydrogen (secondary N) is 3. The van der Waals surface area contributed by atoms with E-state index in [0.717, 1.165) is 0 Å². The van der Waals surface area contributed by atoms with Crippen LogP contribution in [-0.4, -0.2) is 49.3 Å². The summed E-state index contributed by atoms with van der Waals surface area (Å²) in [5.74, 6) is -3.06. The highest BCUT2D eigenvalue weighted by Crippen LogP contribution is 2.56. The Kier molecular flexibility index (Phi) is 10.0. The van der Waals surface area contributed by atoms with Gasteiger partial charge in [0.2, 0.25) is 17.7 Å². The lowest BCUT2D eigenvalue weighted by Gasteiger charge is -2.40. The van der Waals surface area contributed by atoms with Crippen LogP contribution in [0.5, 0.6) is 0 Å². The summed E-state index contributed by atoms with van der Waals surface area (Å²) in [6.45, 7) is 5.12. The lowest BCUT2D eigenvalue weighted by atomic mass is 9.65. The normalized spacial score (nSPS) is 20.0. The molecule has 41 heavy (non-hydrogen) atoms. The van der Waals surface area contributed by atoms with Crippen molar-refractivity contribution in [1.29, 1.82) is 0 Å². The molecule has 2 aromatic rings. The molecule has 3 rings (SSSR count). The van der Waals surface area contributed by atoms with Crippen LogP contribution in [0.4, 0.5) is 5.69 Å². The van der Waals surface area contributed by atoms with Crippen LogP contribution in [0.1, 0.15) is 49.5 Å². The first-order chi connectivity index (χ1) is 19.2. The molecule has 1 saturated carbocycles. The molecule has 0 heterocycles. The zero-order valence-corrected chi connectivity index (χ0v) is 24.8. The van der Waals surface area contributed by atoms with Gasteiger partial charge in [0.25, 0.3) is 5.91 Å². The highest BCUT2D eigenvalue weighted by Gasteiger charge is 2.58. The lowest BCUT2D eigenvalue weighted by molar-refractivity contribution is -0.147. The summed E-state index contributed by atoms with van der Waals surface area (Å²) >= 11 is 12.2. The Bertz CT molecular complexity index is 1330. The SMILES string of the molecule is COC(=O)[C@H](Cc1ccc(NC(=O)c2c(Cl)cccc2Cl)cc1)NC(=O)C1CCC(C)(C(=O)NCC(N)=O)C1(C)C. The molecule has 12 heteroatoms. The van der Waals surface area contributed by atoms with Gasteiger partial charge in [-0.25, -0.2) is 4.79 Å². The number of hydrogen-bond acceptors (Lipinski definition) is 6. The number of carbonyl (C=O) groups is 5. The van der Waals surface area contributed by atoms with E-state index in [9.17, 15) is 24.0 Å². The van der Waals surface area contributed by atoms with Gasteiger partial charge < -0.3 is 26.4 Å². The van der Waals surface area contributed by atoms with Crippen LogP contribution in [0.25, 0.3) is 0 Å². The van der Waals surface area contributed by atoms with Gasteiger partial charge in [0.15, 0.2) is 0 Å². The summed E-state index contributed by atoms with van der Waals surface area (Å²) in [5.41, 5.74) is 4.78. The molecule has 5 N–H and O–H groups in total. The lowest BCUT2D eigenvalue weighted by Crippen LogP contribution is -2.52. The smallest absolute Gasteiger partial charge is 0.328 e. The number of rotatable bonds is 10. The Morgan fingerprint density at radius 3 is 2.20 bits per heavy atom. The largest absolute Gasteiger partial charge is 0.467 e. The van der Waals surface area contributed by atoms with Crippen molar-refractivity contribution in [3.63, 3.8) is 0 Å². The van der Waals surface area contributed by atoms with Gasteiger partial charge in [-0.15, -0.1) is 0 Å². The van der Waals surface area contributed by atoms with Gasteiger partial charge in [0.05, 0.1) is 34.7 Å². The third-order valence-electron chi connectivity index (χ3n) is 8.11. The Balaban J connectivity index is 1.70. The summed E-state index contributed by atoms with van der Waals surface area (Å²) in [6.07, 6.45) is 0.960. The molecule has 0 aromatic heterocycles. The minimum absolute atomic E-state index is 0.131. The summed E-state index contributed by atoms with van der Waals surface area (Å²) in [4.78, 5) is 62.8. The number of primary amides is 1. The van der Waals surface area contributed by atoms with Crippen molar-refractivity contribution in [2.75, 3.05) is 19.0 Å². The first-order valence-electron chi connectivity index (χ1n) is 13.0. The van der Waals surface area contributed by atoms with E-state index in [-0.39, 0.29) is 40.4 Å². The summed E-state index contributed by atoms with van der Waals surface area (Å²) < 4.78 is 4.94. The van der Waals surface area contributed by atoms with E-state index in [1.165, 1.54) is 7.11 Å². The molecule has 10 nitrogen and oxygen atoms in total. The van der Waals surface area contributed by atoms with Gasteiger partial charge in [-0.2, -0.15) is 0 Å². The van der Waals surface area contributed by atoms with Gasteiger partial charge in [-0.05, 0) is 48.1 Å². The molecule has 1 aliphatic carbocycles. The average molecular weight is 606 g/mol. The highest BCUT2D eigenvalue weighted by molar-refractivity contribution is 6.40. The van der Waals surface area contributed by atoms with E-state index in [1.807, 2.05) is 13.8 Å². The van der Waals surface area contributed by atoms with Crippen LogP contribution in [0.15, 0.2) is 42.5 Å².